The fraction of sp³-hybridized carbons (Fsp3) is 0.333. The molecule has 1 fully saturated rings. The third kappa shape index (κ3) is 4.84. The lowest BCUT2D eigenvalue weighted by Gasteiger charge is -2.36. The standard InChI is InChI=1S/C21H25N5/c1-23-21(24-16-20-9-5-8-19(14-20)15-22)26-12-10-25(11-13-26)17-18-6-3-2-4-7-18/h2-9,14H,10-13,16-17H2,1H3,(H,23,24). The van der Waals surface area contributed by atoms with Gasteiger partial charge in [0.15, 0.2) is 5.96 Å². The van der Waals surface area contributed by atoms with Gasteiger partial charge in [-0.1, -0.05) is 42.5 Å². The number of hydrogen-bond donors (Lipinski definition) is 1. The Morgan fingerprint density at radius 2 is 1.77 bits per heavy atom. The molecule has 1 aliphatic rings. The van der Waals surface area contributed by atoms with Crippen LogP contribution in [0.15, 0.2) is 59.6 Å². The van der Waals surface area contributed by atoms with Crippen molar-refractivity contribution >= 4 is 5.96 Å². The average molecular weight is 347 g/mol. The summed E-state index contributed by atoms with van der Waals surface area (Å²) in [5.41, 5.74) is 3.14. The second-order valence-electron chi connectivity index (χ2n) is 6.46. The van der Waals surface area contributed by atoms with E-state index in [0.717, 1.165) is 44.2 Å². The molecule has 0 spiro atoms. The van der Waals surface area contributed by atoms with Crippen molar-refractivity contribution in [2.75, 3.05) is 33.2 Å². The number of hydrogen-bond acceptors (Lipinski definition) is 3. The first-order valence-electron chi connectivity index (χ1n) is 8.99. The van der Waals surface area contributed by atoms with Gasteiger partial charge in [0, 0.05) is 46.3 Å². The van der Waals surface area contributed by atoms with Crippen LogP contribution in [0.2, 0.25) is 0 Å². The quantitative estimate of drug-likeness (QED) is 0.682. The highest BCUT2D eigenvalue weighted by Gasteiger charge is 2.19. The number of nitrogens with zero attached hydrogens (tertiary/aromatic N) is 4. The summed E-state index contributed by atoms with van der Waals surface area (Å²) < 4.78 is 0. The van der Waals surface area contributed by atoms with Gasteiger partial charge in [-0.2, -0.15) is 5.26 Å². The number of nitriles is 1. The van der Waals surface area contributed by atoms with Crippen LogP contribution in [0.1, 0.15) is 16.7 Å². The van der Waals surface area contributed by atoms with Crippen LogP contribution < -0.4 is 5.32 Å². The molecule has 0 bridgehead atoms. The molecule has 134 valence electrons. The molecule has 1 N–H and O–H groups in total. The Labute approximate surface area is 155 Å². The van der Waals surface area contributed by atoms with Crippen molar-refractivity contribution in [2.24, 2.45) is 4.99 Å². The number of nitrogens with one attached hydrogen (secondary N) is 1. The molecular weight excluding hydrogens is 322 g/mol. The number of benzene rings is 2. The summed E-state index contributed by atoms with van der Waals surface area (Å²) in [5.74, 6) is 0.923. The van der Waals surface area contributed by atoms with Crippen LogP contribution in [0, 0.1) is 11.3 Å². The lowest BCUT2D eigenvalue weighted by Crippen LogP contribution is -2.52. The van der Waals surface area contributed by atoms with Gasteiger partial charge in [-0.05, 0) is 23.3 Å². The molecule has 0 saturated carbocycles. The van der Waals surface area contributed by atoms with E-state index in [1.807, 2.05) is 31.3 Å². The molecule has 26 heavy (non-hydrogen) atoms. The predicted molar refractivity (Wildman–Crippen MR) is 105 cm³/mol. The van der Waals surface area contributed by atoms with Gasteiger partial charge in [0.25, 0.3) is 0 Å². The third-order valence-corrected chi connectivity index (χ3v) is 4.64. The lowest BCUT2D eigenvalue weighted by atomic mass is 10.1. The highest BCUT2D eigenvalue weighted by molar-refractivity contribution is 5.80. The summed E-state index contributed by atoms with van der Waals surface area (Å²) in [4.78, 5) is 9.21. The predicted octanol–water partition coefficient (Wildman–Crippen LogP) is 2.45. The first kappa shape index (κ1) is 18.0. The fourth-order valence-corrected chi connectivity index (χ4v) is 3.22. The van der Waals surface area contributed by atoms with E-state index in [1.165, 1.54) is 5.56 Å². The van der Waals surface area contributed by atoms with Crippen molar-refractivity contribution < 1.29 is 0 Å². The number of aliphatic imine (C=N–C) groups is 1. The summed E-state index contributed by atoms with van der Waals surface area (Å²) >= 11 is 0. The molecule has 2 aromatic carbocycles. The van der Waals surface area contributed by atoms with Crippen LogP contribution in [-0.2, 0) is 13.1 Å². The minimum Gasteiger partial charge on any atom is -0.352 e. The Hall–Kier alpha value is -2.84. The van der Waals surface area contributed by atoms with Gasteiger partial charge in [0.05, 0.1) is 11.6 Å². The van der Waals surface area contributed by atoms with E-state index >= 15 is 0 Å². The SMILES string of the molecule is CN=C(NCc1cccc(C#N)c1)N1CCN(Cc2ccccc2)CC1. The van der Waals surface area contributed by atoms with E-state index in [1.54, 1.807) is 0 Å². The fourth-order valence-electron chi connectivity index (χ4n) is 3.22. The van der Waals surface area contributed by atoms with Crippen LogP contribution in [0.5, 0.6) is 0 Å². The van der Waals surface area contributed by atoms with E-state index in [-0.39, 0.29) is 0 Å². The first-order chi connectivity index (χ1) is 12.8. The third-order valence-electron chi connectivity index (χ3n) is 4.64. The minimum absolute atomic E-state index is 0.673. The molecule has 0 amide bonds. The molecule has 1 aliphatic heterocycles. The maximum absolute atomic E-state index is 9.01. The van der Waals surface area contributed by atoms with Crippen molar-refractivity contribution in [1.29, 1.82) is 5.26 Å². The van der Waals surface area contributed by atoms with Gasteiger partial charge in [0.1, 0.15) is 0 Å². The zero-order chi connectivity index (χ0) is 18.2. The largest absolute Gasteiger partial charge is 0.352 e. The molecule has 0 unspecified atom stereocenters. The van der Waals surface area contributed by atoms with E-state index in [9.17, 15) is 0 Å². The van der Waals surface area contributed by atoms with Crippen LogP contribution in [0.3, 0.4) is 0 Å². The zero-order valence-corrected chi connectivity index (χ0v) is 15.2. The van der Waals surface area contributed by atoms with E-state index < -0.39 is 0 Å². The van der Waals surface area contributed by atoms with Crippen molar-refractivity contribution in [3.8, 4) is 6.07 Å². The number of piperazine rings is 1. The zero-order valence-electron chi connectivity index (χ0n) is 15.2. The maximum Gasteiger partial charge on any atom is 0.194 e. The van der Waals surface area contributed by atoms with Gasteiger partial charge in [0.2, 0.25) is 0 Å². The summed E-state index contributed by atoms with van der Waals surface area (Å²) in [6.45, 7) is 5.66. The van der Waals surface area contributed by atoms with Crippen molar-refractivity contribution in [1.82, 2.24) is 15.1 Å². The Kier molecular flexibility index (Phi) is 6.24. The second-order valence-corrected chi connectivity index (χ2v) is 6.46. The number of guanidine groups is 1. The van der Waals surface area contributed by atoms with Crippen molar-refractivity contribution in [3.63, 3.8) is 0 Å². The summed E-state index contributed by atoms with van der Waals surface area (Å²) in [6, 6.07) is 20.5. The first-order valence-corrected chi connectivity index (χ1v) is 8.99. The van der Waals surface area contributed by atoms with Crippen LogP contribution in [0.25, 0.3) is 0 Å². The number of rotatable bonds is 4. The molecule has 1 heterocycles. The average Bonchev–Trinajstić information content (AvgIpc) is 2.70. The Balaban J connectivity index is 1.50. The van der Waals surface area contributed by atoms with Gasteiger partial charge < -0.3 is 10.2 Å². The molecule has 0 atom stereocenters. The molecule has 0 radical (unpaired) electrons. The van der Waals surface area contributed by atoms with E-state index in [0.29, 0.717) is 12.1 Å². The van der Waals surface area contributed by atoms with Gasteiger partial charge in [-0.15, -0.1) is 0 Å². The molecular formula is C21H25N5. The Morgan fingerprint density at radius 3 is 2.46 bits per heavy atom. The lowest BCUT2D eigenvalue weighted by molar-refractivity contribution is 0.172. The second kappa shape index (κ2) is 9.02. The highest BCUT2D eigenvalue weighted by Crippen LogP contribution is 2.09. The summed E-state index contributed by atoms with van der Waals surface area (Å²) in [5, 5.41) is 12.4. The Morgan fingerprint density at radius 1 is 1.04 bits per heavy atom. The van der Waals surface area contributed by atoms with Crippen molar-refractivity contribution in [3.05, 3.63) is 71.3 Å². The van der Waals surface area contributed by atoms with Gasteiger partial charge in [-0.25, -0.2) is 0 Å². The molecule has 5 nitrogen and oxygen atoms in total. The minimum atomic E-state index is 0.673. The topological polar surface area (TPSA) is 54.7 Å². The smallest absolute Gasteiger partial charge is 0.194 e. The van der Waals surface area contributed by atoms with Crippen LogP contribution >= 0.6 is 0 Å². The van der Waals surface area contributed by atoms with Crippen LogP contribution in [-0.4, -0.2) is 49.0 Å². The van der Waals surface area contributed by atoms with Gasteiger partial charge >= 0.3 is 0 Å². The Bertz CT molecular complexity index is 770. The molecule has 2 aromatic rings. The maximum atomic E-state index is 9.01. The highest BCUT2D eigenvalue weighted by atomic mass is 15.3. The molecule has 3 rings (SSSR count). The normalized spacial score (nSPS) is 15.5. The van der Waals surface area contributed by atoms with E-state index in [2.05, 4.69) is 56.5 Å². The van der Waals surface area contributed by atoms with E-state index in [4.69, 9.17) is 5.26 Å². The molecule has 0 aliphatic carbocycles. The monoisotopic (exact) mass is 347 g/mol. The summed E-state index contributed by atoms with van der Waals surface area (Å²) in [7, 11) is 1.82. The molecule has 0 aromatic heterocycles. The molecule has 1 saturated heterocycles. The van der Waals surface area contributed by atoms with Crippen molar-refractivity contribution in [2.45, 2.75) is 13.1 Å². The van der Waals surface area contributed by atoms with Crippen LogP contribution in [0.4, 0.5) is 0 Å². The molecule has 5 heteroatoms. The summed E-state index contributed by atoms with van der Waals surface area (Å²) in [6.07, 6.45) is 0. The van der Waals surface area contributed by atoms with Gasteiger partial charge in [-0.3, -0.25) is 9.89 Å².